The van der Waals surface area contributed by atoms with Crippen molar-refractivity contribution in [1.82, 2.24) is 24.9 Å². The molecule has 2 fully saturated rings. The third-order valence-corrected chi connectivity index (χ3v) is 8.67. The summed E-state index contributed by atoms with van der Waals surface area (Å²) in [6, 6.07) is 7.80. The van der Waals surface area contributed by atoms with Gasteiger partial charge in [0.2, 0.25) is 11.8 Å². The van der Waals surface area contributed by atoms with Crippen molar-refractivity contribution in [1.29, 1.82) is 0 Å². The summed E-state index contributed by atoms with van der Waals surface area (Å²) in [5.74, 6) is 0.0151. The van der Waals surface area contributed by atoms with Crippen LogP contribution in [0.2, 0.25) is 0 Å². The Kier molecular flexibility index (Phi) is 8.72. The molecule has 3 atom stereocenters. The van der Waals surface area contributed by atoms with Crippen LogP contribution < -0.4 is 4.90 Å². The van der Waals surface area contributed by atoms with Gasteiger partial charge in [-0.25, -0.2) is 9.18 Å². The van der Waals surface area contributed by atoms with Crippen LogP contribution in [0, 0.1) is 11.7 Å². The average molecular weight is 609 g/mol. The fourth-order valence-electron chi connectivity index (χ4n) is 6.49. The quantitative estimate of drug-likeness (QED) is 0.489. The van der Waals surface area contributed by atoms with E-state index in [1.807, 2.05) is 38.7 Å². The number of fused-ring (bicyclic) bond motifs is 1. The van der Waals surface area contributed by atoms with Crippen molar-refractivity contribution in [2.24, 2.45) is 5.92 Å². The van der Waals surface area contributed by atoms with Crippen LogP contribution in [0.3, 0.4) is 0 Å². The second-order valence-electron chi connectivity index (χ2n) is 14.4. The van der Waals surface area contributed by atoms with E-state index < -0.39 is 5.60 Å². The first-order chi connectivity index (χ1) is 20.6. The molecule has 0 saturated carbocycles. The molecule has 238 valence electrons. The van der Waals surface area contributed by atoms with Gasteiger partial charge in [-0.3, -0.25) is 14.5 Å². The zero-order valence-electron chi connectivity index (χ0n) is 27.0. The molecule has 0 radical (unpaired) electrons. The number of aromatic nitrogens is 2. The first kappa shape index (κ1) is 31.8. The lowest BCUT2D eigenvalue weighted by Gasteiger charge is -2.46. The Bertz CT molecular complexity index is 1410. The van der Waals surface area contributed by atoms with E-state index >= 15 is 0 Å². The predicted octanol–water partition coefficient (Wildman–Crippen LogP) is 4.01. The summed E-state index contributed by atoms with van der Waals surface area (Å²) >= 11 is 0. The molecule has 1 unspecified atom stereocenters. The Morgan fingerprint density at radius 1 is 1.07 bits per heavy atom. The number of hydrogen-bond acceptors (Lipinski definition) is 7. The molecule has 0 bridgehead atoms. The van der Waals surface area contributed by atoms with Crippen molar-refractivity contribution < 1.29 is 23.5 Å². The highest BCUT2D eigenvalue weighted by Crippen LogP contribution is 2.39. The number of nitrogens with zero attached hydrogens (tertiary/aromatic N) is 6. The van der Waals surface area contributed by atoms with E-state index in [2.05, 4.69) is 35.9 Å². The van der Waals surface area contributed by atoms with Crippen molar-refractivity contribution in [2.45, 2.75) is 84.4 Å². The zero-order valence-corrected chi connectivity index (χ0v) is 27.0. The SMILES string of the molecule is CC1CC(=O)N(C[C@H]2CN(C(=O)OC(C)(C)C)[C@H](C)CN2CC(=O)N2CC(C)(C)c3nnc(Cc4ccc(F)cc4)cc32)C1. The van der Waals surface area contributed by atoms with Crippen molar-refractivity contribution in [3.05, 3.63) is 53.1 Å². The van der Waals surface area contributed by atoms with E-state index in [1.165, 1.54) is 12.1 Å². The molecular weight excluding hydrogens is 563 g/mol. The van der Waals surface area contributed by atoms with Gasteiger partial charge in [0.05, 0.1) is 23.6 Å². The van der Waals surface area contributed by atoms with Crippen LogP contribution in [-0.2, 0) is 26.2 Å². The van der Waals surface area contributed by atoms with E-state index in [1.54, 1.807) is 21.9 Å². The maximum Gasteiger partial charge on any atom is 0.410 e. The zero-order chi connectivity index (χ0) is 32.0. The van der Waals surface area contributed by atoms with Gasteiger partial charge in [0.15, 0.2) is 0 Å². The molecule has 4 heterocycles. The number of piperazine rings is 1. The highest BCUT2D eigenvalue weighted by Gasteiger charge is 2.43. The number of ether oxygens (including phenoxy) is 1. The smallest absolute Gasteiger partial charge is 0.410 e. The highest BCUT2D eigenvalue weighted by molar-refractivity contribution is 5.97. The van der Waals surface area contributed by atoms with Gasteiger partial charge >= 0.3 is 6.09 Å². The van der Waals surface area contributed by atoms with Gasteiger partial charge in [0.25, 0.3) is 0 Å². The summed E-state index contributed by atoms with van der Waals surface area (Å²) in [5.41, 5.74) is 2.10. The van der Waals surface area contributed by atoms with Crippen LogP contribution >= 0.6 is 0 Å². The maximum absolute atomic E-state index is 14.1. The van der Waals surface area contributed by atoms with Crippen LogP contribution in [0.1, 0.15) is 71.8 Å². The molecule has 3 amide bonds. The molecule has 1 aromatic heterocycles. The molecule has 10 nitrogen and oxygen atoms in total. The second kappa shape index (κ2) is 12.1. The lowest BCUT2D eigenvalue weighted by molar-refractivity contribution is -0.129. The third-order valence-electron chi connectivity index (χ3n) is 8.67. The first-order valence-electron chi connectivity index (χ1n) is 15.5. The fraction of sp³-hybridized carbons (Fsp3) is 0.606. The van der Waals surface area contributed by atoms with E-state index in [0.717, 1.165) is 16.9 Å². The van der Waals surface area contributed by atoms with E-state index in [9.17, 15) is 18.8 Å². The number of likely N-dealkylation sites (tertiary alicyclic amines) is 1. The molecule has 3 aliphatic heterocycles. The van der Waals surface area contributed by atoms with Gasteiger partial charge in [-0.2, -0.15) is 10.2 Å². The minimum atomic E-state index is -0.631. The Morgan fingerprint density at radius 3 is 2.41 bits per heavy atom. The number of carbonyl (C=O) groups is 3. The van der Waals surface area contributed by atoms with Gasteiger partial charge in [0.1, 0.15) is 11.4 Å². The van der Waals surface area contributed by atoms with Crippen LogP contribution in [0.4, 0.5) is 14.9 Å². The molecule has 1 aromatic carbocycles. The van der Waals surface area contributed by atoms with Gasteiger partial charge in [-0.15, -0.1) is 0 Å². The summed E-state index contributed by atoms with van der Waals surface area (Å²) in [5, 5.41) is 8.98. The summed E-state index contributed by atoms with van der Waals surface area (Å²) in [6.45, 7) is 16.2. The largest absolute Gasteiger partial charge is 0.444 e. The Balaban J connectivity index is 1.36. The molecule has 11 heteroatoms. The molecule has 3 aliphatic rings. The summed E-state index contributed by atoms with van der Waals surface area (Å²) in [6.07, 6.45) is 0.598. The number of hydrogen-bond donors (Lipinski definition) is 0. The van der Waals surface area contributed by atoms with Crippen LogP contribution in [0.15, 0.2) is 30.3 Å². The molecule has 2 aromatic rings. The number of benzene rings is 1. The number of amides is 3. The lowest BCUT2D eigenvalue weighted by atomic mass is 9.91. The molecule has 0 aliphatic carbocycles. The number of anilines is 1. The number of carbonyl (C=O) groups excluding carboxylic acids is 3. The topological polar surface area (TPSA) is 99.2 Å². The molecule has 0 spiro atoms. The van der Waals surface area contributed by atoms with Crippen molar-refractivity contribution >= 4 is 23.6 Å². The third kappa shape index (κ3) is 7.03. The van der Waals surface area contributed by atoms with Gasteiger partial charge in [-0.05, 0) is 57.4 Å². The normalized spacial score (nSPS) is 23.7. The second-order valence-corrected chi connectivity index (χ2v) is 14.4. The Morgan fingerprint density at radius 2 is 1.77 bits per heavy atom. The monoisotopic (exact) mass is 608 g/mol. The summed E-state index contributed by atoms with van der Waals surface area (Å²) in [7, 11) is 0. The van der Waals surface area contributed by atoms with Crippen LogP contribution in [0.25, 0.3) is 0 Å². The summed E-state index contributed by atoms with van der Waals surface area (Å²) < 4.78 is 19.1. The first-order valence-corrected chi connectivity index (χ1v) is 15.5. The molecule has 5 rings (SSSR count). The number of halogens is 1. The molecule has 0 N–H and O–H groups in total. The Hall–Kier alpha value is -3.60. The fourth-order valence-corrected chi connectivity index (χ4v) is 6.49. The highest BCUT2D eigenvalue weighted by atomic mass is 19.1. The standard InChI is InChI=1S/C33H45FN6O4/c1-21-12-28(41)38(15-21)17-26-18-39(31(43)44-32(3,4)5)22(2)16-37(26)19-29(42)40-20-33(6,7)30-27(40)14-25(35-36-30)13-23-8-10-24(34)11-9-23/h8-11,14,21-22,26H,12-13,15-20H2,1-7H3/t21?,22-,26+/m1/s1. The van der Waals surface area contributed by atoms with Gasteiger partial charge in [-0.1, -0.05) is 32.9 Å². The van der Waals surface area contributed by atoms with E-state index in [0.29, 0.717) is 51.3 Å². The predicted molar refractivity (Wildman–Crippen MR) is 165 cm³/mol. The van der Waals surface area contributed by atoms with Crippen molar-refractivity contribution in [2.75, 3.05) is 44.2 Å². The molecular formula is C33H45FN6O4. The Labute approximate surface area is 259 Å². The minimum absolute atomic E-state index is 0.0680. The van der Waals surface area contributed by atoms with E-state index in [4.69, 9.17) is 4.74 Å². The summed E-state index contributed by atoms with van der Waals surface area (Å²) in [4.78, 5) is 47.5. The average Bonchev–Trinajstić information content (AvgIpc) is 3.38. The van der Waals surface area contributed by atoms with Gasteiger partial charge in [0, 0.05) is 63.1 Å². The lowest BCUT2D eigenvalue weighted by Crippen LogP contribution is -2.63. The van der Waals surface area contributed by atoms with Crippen LogP contribution in [-0.4, -0.2) is 99.8 Å². The minimum Gasteiger partial charge on any atom is -0.444 e. The van der Waals surface area contributed by atoms with Crippen molar-refractivity contribution in [3.8, 4) is 0 Å². The molecule has 44 heavy (non-hydrogen) atoms. The van der Waals surface area contributed by atoms with Crippen LogP contribution in [0.5, 0.6) is 0 Å². The number of rotatable bonds is 6. The maximum atomic E-state index is 14.1. The van der Waals surface area contributed by atoms with Gasteiger partial charge < -0.3 is 19.4 Å². The van der Waals surface area contributed by atoms with E-state index in [-0.39, 0.29) is 53.7 Å². The van der Waals surface area contributed by atoms with Crippen molar-refractivity contribution in [3.63, 3.8) is 0 Å². The molecule has 2 saturated heterocycles.